The van der Waals surface area contributed by atoms with Crippen LogP contribution in [0.5, 0.6) is 17.2 Å². The molecule has 0 spiro atoms. The Kier molecular flexibility index (Phi) is 5.66. The van der Waals surface area contributed by atoms with Gasteiger partial charge >= 0.3 is 0 Å². The first-order chi connectivity index (χ1) is 12.6. The molecule has 0 N–H and O–H groups in total. The zero-order chi connectivity index (χ0) is 18.5. The minimum absolute atomic E-state index is 0.0431. The number of hydrogen-bond acceptors (Lipinski definition) is 4. The number of nitrogens with zero attached hydrogens (tertiary/aromatic N) is 1. The molecule has 1 amide bonds. The van der Waals surface area contributed by atoms with E-state index in [-0.39, 0.29) is 11.9 Å². The van der Waals surface area contributed by atoms with Gasteiger partial charge in [0.2, 0.25) is 5.75 Å². The second kappa shape index (κ2) is 8.13. The van der Waals surface area contributed by atoms with Crippen LogP contribution in [0.3, 0.4) is 0 Å². The number of amides is 1. The minimum atomic E-state index is -0.0431. The molecule has 3 rings (SSSR count). The van der Waals surface area contributed by atoms with Gasteiger partial charge in [-0.1, -0.05) is 37.3 Å². The van der Waals surface area contributed by atoms with Gasteiger partial charge in [0.25, 0.3) is 5.91 Å². The predicted octanol–water partition coefficient (Wildman–Crippen LogP) is 3.91. The van der Waals surface area contributed by atoms with E-state index in [2.05, 4.69) is 13.8 Å². The fourth-order valence-corrected chi connectivity index (χ4v) is 2.99. The highest BCUT2D eigenvalue weighted by atomic mass is 16.6. The Morgan fingerprint density at radius 2 is 1.92 bits per heavy atom. The van der Waals surface area contributed by atoms with Crippen LogP contribution in [0.1, 0.15) is 36.2 Å². The first-order valence-electron chi connectivity index (χ1n) is 8.96. The summed E-state index contributed by atoms with van der Waals surface area (Å²) in [5, 5.41) is 0. The van der Waals surface area contributed by atoms with Crippen molar-refractivity contribution < 1.29 is 19.0 Å². The van der Waals surface area contributed by atoms with Gasteiger partial charge in [0.05, 0.1) is 7.11 Å². The number of hydrogen-bond donors (Lipinski definition) is 0. The highest BCUT2D eigenvalue weighted by molar-refractivity contribution is 5.96. The van der Waals surface area contributed by atoms with Gasteiger partial charge in [-0.3, -0.25) is 4.79 Å². The van der Waals surface area contributed by atoms with Crippen LogP contribution in [0.15, 0.2) is 42.5 Å². The fraction of sp³-hybridized carbons (Fsp3) is 0.381. The van der Waals surface area contributed by atoms with Crippen LogP contribution < -0.4 is 14.2 Å². The number of carbonyl (C=O) groups is 1. The smallest absolute Gasteiger partial charge is 0.254 e. The quantitative estimate of drug-likeness (QED) is 0.788. The molecule has 5 heteroatoms. The summed E-state index contributed by atoms with van der Waals surface area (Å²) in [5.74, 6) is 1.60. The van der Waals surface area contributed by atoms with Crippen LogP contribution >= 0.6 is 0 Å². The zero-order valence-corrected chi connectivity index (χ0v) is 15.5. The summed E-state index contributed by atoms with van der Waals surface area (Å²) in [6, 6.07) is 13.6. The van der Waals surface area contributed by atoms with Crippen LogP contribution in [0.25, 0.3) is 0 Å². The van der Waals surface area contributed by atoms with Crippen molar-refractivity contribution in [2.75, 3.05) is 20.3 Å². The molecule has 0 aromatic heterocycles. The van der Waals surface area contributed by atoms with Crippen LogP contribution in [-0.2, 0) is 6.54 Å². The van der Waals surface area contributed by atoms with E-state index >= 15 is 0 Å². The topological polar surface area (TPSA) is 48.0 Å². The molecule has 0 fully saturated rings. The highest BCUT2D eigenvalue weighted by Crippen LogP contribution is 2.40. The van der Waals surface area contributed by atoms with Gasteiger partial charge in [0, 0.05) is 18.2 Å². The van der Waals surface area contributed by atoms with E-state index in [0.717, 1.165) is 12.0 Å². The standard InChI is InChI=1S/C21H25NO4/c1-4-15(2)22(14-16-8-6-5-7-9-16)21(23)17-12-18(24-3)20-19(13-17)25-10-11-26-20/h5-9,12-13,15H,4,10-11,14H2,1-3H3. The van der Waals surface area contributed by atoms with Crippen molar-refractivity contribution in [3.05, 3.63) is 53.6 Å². The molecular formula is C21H25NO4. The summed E-state index contributed by atoms with van der Waals surface area (Å²) in [5.41, 5.74) is 1.65. The second-order valence-corrected chi connectivity index (χ2v) is 6.38. The first kappa shape index (κ1) is 18.1. The Balaban J connectivity index is 1.93. The molecule has 0 saturated carbocycles. The average Bonchev–Trinajstić information content (AvgIpc) is 2.70. The molecule has 138 valence electrons. The van der Waals surface area contributed by atoms with Gasteiger partial charge in [0.1, 0.15) is 13.2 Å². The summed E-state index contributed by atoms with van der Waals surface area (Å²) in [7, 11) is 1.57. The molecule has 0 bridgehead atoms. The fourth-order valence-electron chi connectivity index (χ4n) is 2.99. The van der Waals surface area contributed by atoms with E-state index in [1.807, 2.05) is 35.2 Å². The molecule has 0 radical (unpaired) electrons. The summed E-state index contributed by atoms with van der Waals surface area (Å²) < 4.78 is 16.7. The first-order valence-corrected chi connectivity index (χ1v) is 8.96. The molecule has 26 heavy (non-hydrogen) atoms. The van der Waals surface area contributed by atoms with Gasteiger partial charge in [-0.15, -0.1) is 0 Å². The molecule has 0 aliphatic carbocycles. The SMILES string of the molecule is CCC(C)N(Cc1ccccc1)C(=O)c1cc(OC)c2c(c1)OCCO2. The maximum atomic E-state index is 13.3. The number of benzene rings is 2. The third-order valence-corrected chi connectivity index (χ3v) is 4.65. The van der Waals surface area contributed by atoms with Crippen molar-refractivity contribution in [3.8, 4) is 17.2 Å². The summed E-state index contributed by atoms with van der Waals surface area (Å²) >= 11 is 0. The van der Waals surface area contributed by atoms with Crippen LogP contribution in [0, 0.1) is 0 Å². The van der Waals surface area contributed by atoms with Gasteiger partial charge in [-0.2, -0.15) is 0 Å². The van der Waals surface area contributed by atoms with Crippen LogP contribution in [-0.4, -0.2) is 37.2 Å². The normalized spacial score (nSPS) is 13.8. The highest BCUT2D eigenvalue weighted by Gasteiger charge is 2.25. The van der Waals surface area contributed by atoms with Crippen molar-refractivity contribution in [3.63, 3.8) is 0 Å². The molecule has 0 saturated heterocycles. The van der Waals surface area contributed by atoms with E-state index < -0.39 is 0 Å². The number of methoxy groups -OCH3 is 1. The maximum Gasteiger partial charge on any atom is 0.254 e. The molecule has 2 aromatic rings. The molecule has 1 aliphatic rings. The van der Waals surface area contributed by atoms with Gasteiger partial charge in [0.15, 0.2) is 11.5 Å². The van der Waals surface area contributed by atoms with Crippen molar-refractivity contribution in [2.45, 2.75) is 32.9 Å². The maximum absolute atomic E-state index is 13.3. The molecule has 1 aliphatic heterocycles. The Labute approximate surface area is 154 Å². The lowest BCUT2D eigenvalue weighted by molar-refractivity contribution is 0.0670. The van der Waals surface area contributed by atoms with Crippen molar-refractivity contribution in [2.24, 2.45) is 0 Å². The number of ether oxygens (including phenoxy) is 3. The van der Waals surface area contributed by atoms with E-state index in [1.54, 1.807) is 19.2 Å². The Morgan fingerprint density at radius 3 is 2.62 bits per heavy atom. The lowest BCUT2D eigenvalue weighted by Crippen LogP contribution is -2.37. The van der Waals surface area contributed by atoms with E-state index in [4.69, 9.17) is 14.2 Å². The number of carbonyl (C=O) groups excluding carboxylic acids is 1. The van der Waals surface area contributed by atoms with Gasteiger partial charge in [-0.05, 0) is 31.0 Å². The van der Waals surface area contributed by atoms with Crippen LogP contribution in [0.2, 0.25) is 0 Å². The Hall–Kier alpha value is -2.69. The molecule has 1 atom stereocenters. The lowest BCUT2D eigenvalue weighted by atomic mass is 10.1. The monoisotopic (exact) mass is 355 g/mol. The molecule has 1 heterocycles. The Bertz CT molecular complexity index is 743. The van der Waals surface area contributed by atoms with E-state index in [0.29, 0.717) is 42.6 Å². The van der Waals surface area contributed by atoms with Gasteiger partial charge in [-0.25, -0.2) is 0 Å². The number of rotatable bonds is 6. The largest absolute Gasteiger partial charge is 0.493 e. The zero-order valence-electron chi connectivity index (χ0n) is 15.5. The molecule has 5 nitrogen and oxygen atoms in total. The molecular weight excluding hydrogens is 330 g/mol. The predicted molar refractivity (Wildman–Crippen MR) is 100 cm³/mol. The van der Waals surface area contributed by atoms with Crippen molar-refractivity contribution >= 4 is 5.91 Å². The van der Waals surface area contributed by atoms with Gasteiger partial charge < -0.3 is 19.1 Å². The van der Waals surface area contributed by atoms with E-state index in [9.17, 15) is 4.79 Å². The second-order valence-electron chi connectivity index (χ2n) is 6.38. The average molecular weight is 355 g/mol. The van der Waals surface area contributed by atoms with Crippen molar-refractivity contribution in [1.82, 2.24) is 4.90 Å². The van der Waals surface area contributed by atoms with E-state index in [1.165, 1.54) is 0 Å². The number of fused-ring (bicyclic) bond motifs is 1. The molecule has 1 unspecified atom stereocenters. The Morgan fingerprint density at radius 1 is 1.19 bits per heavy atom. The summed E-state index contributed by atoms with van der Waals surface area (Å²) in [6.45, 7) is 5.65. The molecule has 2 aromatic carbocycles. The summed E-state index contributed by atoms with van der Waals surface area (Å²) in [4.78, 5) is 15.2. The summed E-state index contributed by atoms with van der Waals surface area (Å²) in [6.07, 6.45) is 0.875. The third-order valence-electron chi connectivity index (χ3n) is 4.65. The lowest BCUT2D eigenvalue weighted by Gasteiger charge is -2.30. The van der Waals surface area contributed by atoms with Crippen LogP contribution in [0.4, 0.5) is 0 Å². The minimum Gasteiger partial charge on any atom is -0.493 e. The van der Waals surface area contributed by atoms with Crippen molar-refractivity contribution in [1.29, 1.82) is 0 Å². The third kappa shape index (κ3) is 3.77.